The molecule has 1 aliphatic rings. The van der Waals surface area contributed by atoms with Gasteiger partial charge in [-0.3, -0.25) is 4.68 Å². The molecule has 126 valence electrons. The molecule has 1 aromatic heterocycles. The highest BCUT2D eigenvalue weighted by Gasteiger charge is 2.33. The first-order valence-electron chi connectivity index (χ1n) is 8.11. The Morgan fingerprint density at radius 3 is 2.92 bits per heavy atom. The van der Waals surface area contributed by atoms with Gasteiger partial charge in [0, 0.05) is 31.5 Å². The Balaban J connectivity index is 1.81. The van der Waals surface area contributed by atoms with Gasteiger partial charge in [-0.1, -0.05) is 12.5 Å². The molecule has 24 heavy (non-hydrogen) atoms. The van der Waals surface area contributed by atoms with Crippen LogP contribution in [-0.4, -0.2) is 35.1 Å². The van der Waals surface area contributed by atoms with Gasteiger partial charge in [-0.25, -0.2) is 8.42 Å². The predicted molar refractivity (Wildman–Crippen MR) is 89.5 cm³/mol. The van der Waals surface area contributed by atoms with E-state index in [0.717, 1.165) is 25.7 Å². The summed E-state index contributed by atoms with van der Waals surface area (Å²) in [5.74, 6) is 0. The van der Waals surface area contributed by atoms with Gasteiger partial charge < -0.3 is 0 Å². The van der Waals surface area contributed by atoms with E-state index in [1.54, 1.807) is 28.7 Å². The van der Waals surface area contributed by atoms with Crippen LogP contribution in [0.4, 0.5) is 0 Å². The first-order chi connectivity index (χ1) is 11.6. The first kappa shape index (κ1) is 16.7. The Bertz CT molecular complexity index is 825. The fourth-order valence-corrected chi connectivity index (χ4v) is 4.92. The third-order valence-electron chi connectivity index (χ3n) is 4.39. The van der Waals surface area contributed by atoms with Crippen LogP contribution in [0.15, 0.2) is 47.6 Å². The fourth-order valence-electron chi connectivity index (χ4n) is 3.15. The predicted octanol–water partition coefficient (Wildman–Crippen LogP) is 2.39. The molecule has 1 atom stereocenters. The number of aromatic nitrogens is 2. The maximum atomic E-state index is 13.0. The molecule has 0 spiro atoms. The molecule has 2 aromatic rings. The van der Waals surface area contributed by atoms with Crippen molar-refractivity contribution in [2.24, 2.45) is 0 Å². The Labute approximate surface area is 142 Å². The van der Waals surface area contributed by atoms with Crippen LogP contribution < -0.4 is 0 Å². The molecule has 0 amide bonds. The first-order valence-corrected chi connectivity index (χ1v) is 9.55. The van der Waals surface area contributed by atoms with Crippen molar-refractivity contribution in [1.82, 2.24) is 14.1 Å². The summed E-state index contributed by atoms with van der Waals surface area (Å²) in [6.45, 7) is 1.23. The summed E-state index contributed by atoms with van der Waals surface area (Å²) in [5, 5.41) is 13.2. The van der Waals surface area contributed by atoms with Crippen LogP contribution >= 0.6 is 0 Å². The van der Waals surface area contributed by atoms with E-state index in [9.17, 15) is 8.42 Å². The molecule has 1 saturated heterocycles. The lowest BCUT2D eigenvalue weighted by molar-refractivity contribution is 0.231. The highest BCUT2D eigenvalue weighted by atomic mass is 32.2. The highest BCUT2D eigenvalue weighted by molar-refractivity contribution is 7.89. The number of sulfonamides is 1. The second-order valence-corrected chi connectivity index (χ2v) is 7.85. The third kappa shape index (κ3) is 3.50. The summed E-state index contributed by atoms with van der Waals surface area (Å²) in [6.07, 6.45) is 7.11. The molecule has 0 radical (unpaired) electrons. The zero-order valence-electron chi connectivity index (χ0n) is 13.4. The number of hydrogen-bond donors (Lipinski definition) is 0. The molecule has 1 aromatic carbocycles. The number of hydrogen-bond acceptors (Lipinski definition) is 4. The van der Waals surface area contributed by atoms with E-state index in [-0.39, 0.29) is 10.9 Å². The Morgan fingerprint density at radius 1 is 1.29 bits per heavy atom. The van der Waals surface area contributed by atoms with Gasteiger partial charge in [0.15, 0.2) is 0 Å². The van der Waals surface area contributed by atoms with Crippen LogP contribution in [-0.2, 0) is 16.6 Å². The van der Waals surface area contributed by atoms with Crippen molar-refractivity contribution < 1.29 is 8.42 Å². The minimum Gasteiger partial charge on any atom is -0.273 e. The molecule has 3 rings (SSSR count). The summed E-state index contributed by atoms with van der Waals surface area (Å²) in [7, 11) is -3.58. The standard InChI is InChI=1S/C17H20N4O2S/c18-14-15-5-3-7-17(13-15)24(22,23)21-11-2-1-6-16(21)8-12-20-10-4-9-19-20/h3-5,7,9-10,13,16H,1-2,6,8,11-12H2/t16-/m1/s1. The van der Waals surface area contributed by atoms with Gasteiger partial charge in [0.25, 0.3) is 0 Å². The molecular weight excluding hydrogens is 324 g/mol. The lowest BCUT2D eigenvalue weighted by atomic mass is 10.0. The molecule has 1 aliphatic heterocycles. The van der Waals surface area contributed by atoms with Crippen molar-refractivity contribution in [2.45, 2.75) is 43.2 Å². The van der Waals surface area contributed by atoms with Crippen molar-refractivity contribution in [2.75, 3.05) is 6.54 Å². The van der Waals surface area contributed by atoms with Crippen LogP contribution in [0.3, 0.4) is 0 Å². The molecule has 7 heteroatoms. The molecule has 0 aliphatic carbocycles. The van der Waals surface area contributed by atoms with Gasteiger partial charge in [-0.15, -0.1) is 0 Å². The van der Waals surface area contributed by atoms with Gasteiger partial charge in [-0.05, 0) is 43.5 Å². The fraction of sp³-hybridized carbons (Fsp3) is 0.412. The quantitative estimate of drug-likeness (QED) is 0.834. The molecule has 2 heterocycles. The molecule has 0 bridgehead atoms. The maximum absolute atomic E-state index is 13.0. The minimum atomic E-state index is -3.58. The Hall–Kier alpha value is -2.17. The monoisotopic (exact) mass is 344 g/mol. The molecule has 0 unspecified atom stereocenters. The molecule has 0 N–H and O–H groups in total. The highest BCUT2D eigenvalue weighted by Crippen LogP contribution is 2.27. The van der Waals surface area contributed by atoms with Crippen LogP contribution in [0.5, 0.6) is 0 Å². The Morgan fingerprint density at radius 2 is 2.17 bits per heavy atom. The number of benzene rings is 1. The summed E-state index contributed by atoms with van der Waals surface area (Å²) < 4.78 is 29.5. The number of aryl methyl sites for hydroxylation is 1. The van der Waals surface area contributed by atoms with Crippen molar-refractivity contribution >= 4 is 10.0 Å². The van der Waals surface area contributed by atoms with Gasteiger partial charge in [0.05, 0.1) is 16.5 Å². The average molecular weight is 344 g/mol. The van der Waals surface area contributed by atoms with E-state index in [2.05, 4.69) is 5.10 Å². The third-order valence-corrected chi connectivity index (χ3v) is 6.34. The van der Waals surface area contributed by atoms with Crippen LogP contribution in [0, 0.1) is 11.3 Å². The zero-order chi connectivity index (χ0) is 17.0. The summed E-state index contributed by atoms with van der Waals surface area (Å²) in [5.41, 5.74) is 0.362. The van der Waals surface area contributed by atoms with E-state index in [4.69, 9.17) is 5.26 Å². The summed E-state index contributed by atoms with van der Waals surface area (Å²) in [6, 6.07) is 10.1. The van der Waals surface area contributed by atoms with Crippen molar-refractivity contribution in [3.05, 3.63) is 48.3 Å². The van der Waals surface area contributed by atoms with Gasteiger partial charge in [0.1, 0.15) is 0 Å². The lowest BCUT2D eigenvalue weighted by Crippen LogP contribution is -2.44. The zero-order valence-corrected chi connectivity index (χ0v) is 14.2. The molecular formula is C17H20N4O2S. The average Bonchev–Trinajstić information content (AvgIpc) is 3.14. The van der Waals surface area contributed by atoms with Crippen molar-refractivity contribution in [3.63, 3.8) is 0 Å². The van der Waals surface area contributed by atoms with E-state index in [1.807, 2.05) is 23.0 Å². The van der Waals surface area contributed by atoms with E-state index in [0.29, 0.717) is 18.7 Å². The second-order valence-electron chi connectivity index (χ2n) is 5.96. The van der Waals surface area contributed by atoms with Gasteiger partial charge >= 0.3 is 0 Å². The normalized spacial score (nSPS) is 19.0. The largest absolute Gasteiger partial charge is 0.273 e. The summed E-state index contributed by atoms with van der Waals surface area (Å²) >= 11 is 0. The maximum Gasteiger partial charge on any atom is 0.243 e. The van der Waals surface area contributed by atoms with E-state index < -0.39 is 10.0 Å². The van der Waals surface area contributed by atoms with Crippen molar-refractivity contribution in [1.29, 1.82) is 5.26 Å². The smallest absolute Gasteiger partial charge is 0.243 e. The number of nitrogens with zero attached hydrogens (tertiary/aromatic N) is 4. The molecule has 6 nitrogen and oxygen atoms in total. The number of rotatable bonds is 5. The summed E-state index contributed by atoms with van der Waals surface area (Å²) in [4.78, 5) is 0.201. The van der Waals surface area contributed by atoms with Gasteiger partial charge in [-0.2, -0.15) is 14.7 Å². The van der Waals surface area contributed by atoms with E-state index >= 15 is 0 Å². The number of nitriles is 1. The SMILES string of the molecule is N#Cc1cccc(S(=O)(=O)N2CCCC[C@@H]2CCn2cccn2)c1. The van der Waals surface area contributed by atoms with E-state index in [1.165, 1.54) is 6.07 Å². The topological polar surface area (TPSA) is 79.0 Å². The second kappa shape index (κ2) is 7.16. The minimum absolute atomic E-state index is 0.0290. The lowest BCUT2D eigenvalue weighted by Gasteiger charge is -2.34. The van der Waals surface area contributed by atoms with Gasteiger partial charge in [0.2, 0.25) is 10.0 Å². The van der Waals surface area contributed by atoms with Crippen molar-refractivity contribution in [3.8, 4) is 6.07 Å². The molecule has 1 fully saturated rings. The Kier molecular flexibility index (Phi) is 4.97. The van der Waals surface area contributed by atoms with Crippen LogP contribution in [0.1, 0.15) is 31.2 Å². The molecule has 0 saturated carbocycles. The van der Waals surface area contributed by atoms with Crippen LogP contribution in [0.2, 0.25) is 0 Å². The van der Waals surface area contributed by atoms with Crippen LogP contribution in [0.25, 0.3) is 0 Å². The number of piperidine rings is 1.